The second kappa shape index (κ2) is 4.72. The van der Waals surface area contributed by atoms with E-state index in [0.717, 1.165) is 13.1 Å². The quantitative estimate of drug-likeness (QED) is 0.772. The Labute approximate surface area is 97.3 Å². The van der Waals surface area contributed by atoms with Crippen LogP contribution in [0.5, 0.6) is 0 Å². The Bertz CT molecular complexity index is 258. The molecule has 2 fully saturated rings. The lowest BCUT2D eigenvalue weighted by atomic mass is 9.78. The number of carbonyl (C=O) groups is 1. The van der Waals surface area contributed by atoms with Gasteiger partial charge in [-0.15, -0.1) is 0 Å². The highest BCUT2D eigenvalue weighted by molar-refractivity contribution is 5.81. The molecule has 1 heterocycles. The first-order valence-corrected chi connectivity index (χ1v) is 6.25. The first-order chi connectivity index (χ1) is 7.61. The van der Waals surface area contributed by atoms with Gasteiger partial charge in [0.05, 0.1) is 19.3 Å². The molecule has 4 heteroatoms. The summed E-state index contributed by atoms with van der Waals surface area (Å²) in [5.74, 6) is 0.219. The van der Waals surface area contributed by atoms with Crippen molar-refractivity contribution in [2.75, 3.05) is 26.3 Å². The van der Waals surface area contributed by atoms with Crippen LogP contribution in [-0.2, 0) is 9.53 Å². The number of hydrogen-bond donors (Lipinski definition) is 1. The number of ether oxygens (including phenoxy) is 1. The Morgan fingerprint density at radius 1 is 1.38 bits per heavy atom. The third-order valence-electron chi connectivity index (χ3n) is 3.72. The molecule has 1 unspecified atom stereocenters. The standard InChI is InChI=1S/C12H22N2O2/c1-10(13-12(2)4-3-5-12)11(15)14-6-8-16-9-7-14/h10,13H,3-9H2,1-2H3. The normalized spacial score (nSPS) is 26.0. The van der Waals surface area contributed by atoms with Crippen LogP contribution in [-0.4, -0.2) is 48.7 Å². The largest absolute Gasteiger partial charge is 0.378 e. The molecule has 2 aliphatic rings. The van der Waals surface area contributed by atoms with Gasteiger partial charge in [0.25, 0.3) is 0 Å². The Kier molecular flexibility index (Phi) is 3.50. The highest BCUT2D eigenvalue weighted by Crippen LogP contribution is 2.31. The van der Waals surface area contributed by atoms with E-state index in [1.54, 1.807) is 0 Å². The number of hydrogen-bond acceptors (Lipinski definition) is 3. The molecule has 1 aliphatic heterocycles. The van der Waals surface area contributed by atoms with Crippen molar-refractivity contribution >= 4 is 5.91 Å². The lowest BCUT2D eigenvalue weighted by molar-refractivity contribution is -0.138. The highest BCUT2D eigenvalue weighted by atomic mass is 16.5. The lowest BCUT2D eigenvalue weighted by Gasteiger charge is -2.42. The molecule has 0 radical (unpaired) electrons. The first-order valence-electron chi connectivity index (χ1n) is 6.25. The van der Waals surface area contributed by atoms with Crippen molar-refractivity contribution in [3.05, 3.63) is 0 Å². The SMILES string of the molecule is CC(NC1(C)CCC1)C(=O)N1CCOCC1. The summed E-state index contributed by atoms with van der Waals surface area (Å²) >= 11 is 0. The smallest absolute Gasteiger partial charge is 0.239 e. The molecule has 16 heavy (non-hydrogen) atoms. The molecule has 0 aromatic carbocycles. The van der Waals surface area contributed by atoms with Crippen molar-refractivity contribution in [2.24, 2.45) is 0 Å². The van der Waals surface area contributed by atoms with Gasteiger partial charge < -0.3 is 15.0 Å². The van der Waals surface area contributed by atoms with E-state index >= 15 is 0 Å². The Hall–Kier alpha value is -0.610. The fourth-order valence-electron chi connectivity index (χ4n) is 2.49. The van der Waals surface area contributed by atoms with Crippen LogP contribution in [0.4, 0.5) is 0 Å². The van der Waals surface area contributed by atoms with Crippen LogP contribution in [0.3, 0.4) is 0 Å². The summed E-state index contributed by atoms with van der Waals surface area (Å²) in [5.41, 5.74) is 0.196. The minimum absolute atomic E-state index is 0.0663. The Balaban J connectivity index is 1.83. The second-order valence-electron chi connectivity index (χ2n) is 5.22. The van der Waals surface area contributed by atoms with E-state index in [0.29, 0.717) is 13.2 Å². The lowest BCUT2D eigenvalue weighted by Crippen LogP contribution is -2.57. The Morgan fingerprint density at radius 3 is 2.50 bits per heavy atom. The fourth-order valence-corrected chi connectivity index (χ4v) is 2.49. The van der Waals surface area contributed by atoms with Gasteiger partial charge >= 0.3 is 0 Å². The predicted molar refractivity (Wildman–Crippen MR) is 62.3 cm³/mol. The van der Waals surface area contributed by atoms with Crippen molar-refractivity contribution in [2.45, 2.75) is 44.7 Å². The van der Waals surface area contributed by atoms with Gasteiger partial charge in [0.2, 0.25) is 5.91 Å². The molecular weight excluding hydrogens is 204 g/mol. The van der Waals surface area contributed by atoms with Gasteiger partial charge in [0.1, 0.15) is 0 Å². The van der Waals surface area contributed by atoms with Crippen LogP contribution in [0.1, 0.15) is 33.1 Å². The number of nitrogens with one attached hydrogen (secondary N) is 1. The molecule has 1 aliphatic carbocycles. The van der Waals surface area contributed by atoms with E-state index in [2.05, 4.69) is 12.2 Å². The predicted octanol–water partition coefficient (Wildman–Crippen LogP) is 0.766. The zero-order valence-electron chi connectivity index (χ0n) is 10.3. The topological polar surface area (TPSA) is 41.6 Å². The highest BCUT2D eigenvalue weighted by Gasteiger charge is 2.35. The minimum Gasteiger partial charge on any atom is -0.378 e. The number of morpholine rings is 1. The van der Waals surface area contributed by atoms with Crippen molar-refractivity contribution in [1.82, 2.24) is 10.2 Å². The third-order valence-corrected chi connectivity index (χ3v) is 3.72. The molecule has 1 N–H and O–H groups in total. The monoisotopic (exact) mass is 226 g/mol. The third kappa shape index (κ3) is 2.55. The van der Waals surface area contributed by atoms with Crippen molar-refractivity contribution in [1.29, 1.82) is 0 Å². The van der Waals surface area contributed by atoms with E-state index < -0.39 is 0 Å². The first kappa shape index (κ1) is 11.9. The minimum atomic E-state index is -0.0663. The summed E-state index contributed by atoms with van der Waals surface area (Å²) in [5, 5.41) is 3.46. The van der Waals surface area contributed by atoms with Crippen LogP contribution >= 0.6 is 0 Å². The van der Waals surface area contributed by atoms with Gasteiger partial charge in [-0.3, -0.25) is 4.79 Å². The van der Waals surface area contributed by atoms with Gasteiger partial charge in [-0.2, -0.15) is 0 Å². The zero-order chi connectivity index (χ0) is 11.6. The van der Waals surface area contributed by atoms with E-state index in [-0.39, 0.29) is 17.5 Å². The number of amides is 1. The van der Waals surface area contributed by atoms with Gasteiger partial charge in [-0.25, -0.2) is 0 Å². The van der Waals surface area contributed by atoms with E-state index in [1.165, 1.54) is 19.3 Å². The molecule has 0 bridgehead atoms. The van der Waals surface area contributed by atoms with Crippen LogP contribution in [0.15, 0.2) is 0 Å². The van der Waals surface area contributed by atoms with Gasteiger partial charge in [-0.05, 0) is 33.1 Å². The molecular formula is C12H22N2O2. The summed E-state index contributed by atoms with van der Waals surface area (Å²) in [7, 11) is 0. The molecule has 4 nitrogen and oxygen atoms in total. The van der Waals surface area contributed by atoms with E-state index in [9.17, 15) is 4.79 Å². The summed E-state index contributed by atoms with van der Waals surface area (Å²) in [6.07, 6.45) is 3.66. The summed E-state index contributed by atoms with van der Waals surface area (Å²) < 4.78 is 5.25. The van der Waals surface area contributed by atoms with E-state index in [4.69, 9.17) is 4.74 Å². The Morgan fingerprint density at radius 2 is 2.00 bits per heavy atom. The summed E-state index contributed by atoms with van der Waals surface area (Å²) in [6.45, 7) is 7.01. The maximum atomic E-state index is 12.1. The molecule has 0 spiro atoms. The molecule has 1 amide bonds. The number of nitrogens with zero attached hydrogens (tertiary/aromatic N) is 1. The second-order valence-corrected chi connectivity index (χ2v) is 5.22. The van der Waals surface area contributed by atoms with Crippen LogP contribution in [0.25, 0.3) is 0 Å². The average Bonchev–Trinajstić information content (AvgIpc) is 2.27. The molecule has 92 valence electrons. The van der Waals surface area contributed by atoms with Crippen LogP contribution < -0.4 is 5.32 Å². The number of carbonyl (C=O) groups excluding carboxylic acids is 1. The summed E-state index contributed by atoms with van der Waals surface area (Å²) in [6, 6.07) is -0.0663. The van der Waals surface area contributed by atoms with Gasteiger partial charge in [0, 0.05) is 18.6 Å². The molecule has 2 rings (SSSR count). The summed E-state index contributed by atoms with van der Waals surface area (Å²) in [4.78, 5) is 14.0. The van der Waals surface area contributed by atoms with Crippen molar-refractivity contribution in [3.63, 3.8) is 0 Å². The number of rotatable bonds is 3. The molecule has 1 saturated heterocycles. The van der Waals surface area contributed by atoms with Crippen molar-refractivity contribution < 1.29 is 9.53 Å². The molecule has 1 atom stereocenters. The average molecular weight is 226 g/mol. The zero-order valence-corrected chi connectivity index (χ0v) is 10.3. The van der Waals surface area contributed by atoms with Gasteiger partial charge in [-0.1, -0.05) is 0 Å². The van der Waals surface area contributed by atoms with Gasteiger partial charge in [0.15, 0.2) is 0 Å². The van der Waals surface area contributed by atoms with Crippen molar-refractivity contribution in [3.8, 4) is 0 Å². The fraction of sp³-hybridized carbons (Fsp3) is 0.917. The van der Waals surface area contributed by atoms with Crippen LogP contribution in [0, 0.1) is 0 Å². The van der Waals surface area contributed by atoms with Crippen LogP contribution in [0.2, 0.25) is 0 Å². The molecule has 0 aromatic rings. The maximum absolute atomic E-state index is 12.1. The van der Waals surface area contributed by atoms with E-state index in [1.807, 2.05) is 11.8 Å². The molecule has 0 aromatic heterocycles. The molecule has 1 saturated carbocycles. The maximum Gasteiger partial charge on any atom is 0.239 e.